The number of likely N-dealkylation sites (N-methyl/N-ethyl adjacent to an activating group) is 1. The largest absolute Gasteiger partial charge is 0.354 e. The summed E-state index contributed by atoms with van der Waals surface area (Å²) in [6.07, 6.45) is 3.42. The highest BCUT2D eigenvalue weighted by atomic mass is 35.5. The monoisotopic (exact) mass is 437 g/mol. The van der Waals surface area contributed by atoms with Crippen molar-refractivity contribution >= 4 is 35.1 Å². The third-order valence-corrected chi connectivity index (χ3v) is 7.57. The van der Waals surface area contributed by atoms with Gasteiger partial charge in [0.1, 0.15) is 11.0 Å². The lowest BCUT2D eigenvalue weighted by atomic mass is 9.65. The first-order valence-corrected chi connectivity index (χ1v) is 11.9. The van der Waals surface area contributed by atoms with Crippen LogP contribution in [0.15, 0.2) is 11.2 Å². The van der Waals surface area contributed by atoms with Crippen LogP contribution in [0, 0.1) is 10.8 Å². The number of piperazine rings is 1. The smallest absolute Gasteiger partial charge is 0.233 e. The fraction of sp³-hybridized carbons (Fsp3) is 0.762. The number of thioether (sulfide) groups is 1. The minimum atomic E-state index is 0.200. The number of rotatable bonds is 4. The van der Waals surface area contributed by atoms with Gasteiger partial charge in [-0.25, -0.2) is 9.97 Å². The average molecular weight is 438 g/mol. The van der Waals surface area contributed by atoms with Crippen LogP contribution in [0.4, 0.5) is 5.82 Å². The molecule has 3 fully saturated rings. The quantitative estimate of drug-likeness (QED) is 0.408. The molecule has 1 saturated carbocycles. The molecule has 1 amide bonds. The second-order valence-corrected chi connectivity index (χ2v) is 11.5. The number of carbonyl (C=O) groups excluding carboxylic acids is 1. The van der Waals surface area contributed by atoms with Gasteiger partial charge < -0.3 is 14.7 Å². The maximum Gasteiger partial charge on any atom is 0.233 e. The maximum atomic E-state index is 13.0. The topological polar surface area (TPSA) is 52.6 Å². The zero-order chi connectivity index (χ0) is 20.8. The predicted molar refractivity (Wildman–Crippen MR) is 119 cm³/mol. The van der Waals surface area contributed by atoms with Gasteiger partial charge in [-0.2, -0.15) is 0 Å². The van der Waals surface area contributed by atoms with Crippen LogP contribution < -0.4 is 4.90 Å². The summed E-state index contributed by atoms with van der Waals surface area (Å²) in [4.78, 5) is 28.7. The molecule has 0 N–H and O–H groups in total. The van der Waals surface area contributed by atoms with Crippen LogP contribution in [-0.2, 0) is 4.79 Å². The molecule has 2 bridgehead atoms. The molecule has 8 heteroatoms. The first-order chi connectivity index (χ1) is 13.6. The maximum absolute atomic E-state index is 13.0. The first-order valence-electron chi connectivity index (χ1n) is 10.5. The number of aromatic nitrogens is 2. The molecule has 4 rings (SSSR count). The van der Waals surface area contributed by atoms with Gasteiger partial charge in [-0.15, -0.1) is 0 Å². The third-order valence-electron chi connectivity index (χ3n) is 6.55. The van der Waals surface area contributed by atoms with Gasteiger partial charge in [0.05, 0.1) is 5.75 Å². The van der Waals surface area contributed by atoms with E-state index in [9.17, 15) is 4.79 Å². The number of likely N-dealkylation sites (tertiary alicyclic amines) is 1. The van der Waals surface area contributed by atoms with Crippen molar-refractivity contribution in [2.75, 3.05) is 50.4 Å². The van der Waals surface area contributed by atoms with Crippen LogP contribution in [0.25, 0.3) is 0 Å². The Morgan fingerprint density at radius 1 is 1.21 bits per heavy atom. The number of amides is 1. The van der Waals surface area contributed by atoms with E-state index in [1.807, 2.05) is 6.07 Å². The minimum absolute atomic E-state index is 0.200. The third kappa shape index (κ3) is 4.83. The number of hydrogen-bond acceptors (Lipinski definition) is 6. The number of hydrogen-bond donors (Lipinski definition) is 0. The van der Waals surface area contributed by atoms with Gasteiger partial charge in [0, 0.05) is 44.8 Å². The lowest BCUT2D eigenvalue weighted by molar-refractivity contribution is -0.129. The Balaban J connectivity index is 1.40. The molecule has 2 aliphatic heterocycles. The number of fused-ring (bicyclic) bond motifs is 2. The fourth-order valence-electron chi connectivity index (χ4n) is 5.61. The van der Waals surface area contributed by atoms with Crippen LogP contribution in [0.2, 0.25) is 5.15 Å². The van der Waals surface area contributed by atoms with E-state index >= 15 is 0 Å². The van der Waals surface area contributed by atoms with Crippen molar-refractivity contribution in [3.63, 3.8) is 0 Å². The van der Waals surface area contributed by atoms with Gasteiger partial charge in [0.15, 0.2) is 5.16 Å². The van der Waals surface area contributed by atoms with Gasteiger partial charge >= 0.3 is 0 Å². The fourth-order valence-corrected chi connectivity index (χ4v) is 6.58. The number of anilines is 1. The molecule has 3 heterocycles. The van der Waals surface area contributed by atoms with E-state index in [1.54, 1.807) is 0 Å². The molecule has 6 nitrogen and oxygen atoms in total. The molecule has 3 aliphatic rings. The van der Waals surface area contributed by atoms with Gasteiger partial charge in [0.25, 0.3) is 0 Å². The summed E-state index contributed by atoms with van der Waals surface area (Å²) in [5, 5.41) is 1.03. The Morgan fingerprint density at radius 3 is 2.66 bits per heavy atom. The predicted octanol–water partition coefficient (Wildman–Crippen LogP) is 3.40. The Kier molecular flexibility index (Phi) is 5.77. The van der Waals surface area contributed by atoms with Crippen molar-refractivity contribution in [3.05, 3.63) is 11.2 Å². The Labute approximate surface area is 183 Å². The van der Waals surface area contributed by atoms with Gasteiger partial charge in [-0.1, -0.05) is 44.1 Å². The summed E-state index contributed by atoms with van der Waals surface area (Å²) in [6, 6.07) is 2.20. The number of carbonyl (C=O) groups is 1. The molecule has 2 unspecified atom stereocenters. The van der Waals surface area contributed by atoms with Crippen LogP contribution in [0.3, 0.4) is 0 Å². The van der Waals surface area contributed by atoms with Gasteiger partial charge in [-0.3, -0.25) is 4.79 Å². The molecular formula is C21H32ClN5OS. The molecule has 0 aromatic carbocycles. The van der Waals surface area contributed by atoms with Crippen LogP contribution in [-0.4, -0.2) is 77.2 Å². The minimum Gasteiger partial charge on any atom is -0.354 e. The second-order valence-electron chi connectivity index (χ2n) is 10.1. The van der Waals surface area contributed by atoms with Crippen molar-refractivity contribution in [2.45, 2.75) is 51.2 Å². The van der Waals surface area contributed by atoms with Crippen LogP contribution >= 0.6 is 23.4 Å². The van der Waals surface area contributed by atoms with Crippen molar-refractivity contribution < 1.29 is 4.79 Å². The summed E-state index contributed by atoms with van der Waals surface area (Å²) in [5.74, 6) is 1.43. The van der Waals surface area contributed by atoms with E-state index in [-0.39, 0.29) is 11.3 Å². The standard InChI is InChI=1S/C21H32ClN5OS/c1-20(2)10-15-11-21(3,13-20)14-27(15)18(28)12-29-19-23-16(22)9-17(24-19)26-7-5-25(4)6-8-26/h9,15H,5-8,10-14H2,1-4H3. The zero-order valence-corrected chi connectivity index (χ0v) is 19.5. The molecule has 1 aliphatic carbocycles. The van der Waals surface area contributed by atoms with Crippen molar-refractivity contribution in [3.8, 4) is 0 Å². The van der Waals surface area contributed by atoms with E-state index in [1.165, 1.54) is 18.2 Å². The number of halogens is 1. The molecule has 160 valence electrons. The van der Waals surface area contributed by atoms with E-state index in [4.69, 9.17) is 11.6 Å². The summed E-state index contributed by atoms with van der Waals surface area (Å²) in [6.45, 7) is 11.8. The lowest BCUT2D eigenvalue weighted by Crippen LogP contribution is -2.44. The SMILES string of the molecule is CN1CCN(c2cc(Cl)nc(SCC(=O)N3CC4(C)CC3CC(C)(C)C4)n2)CC1. The second kappa shape index (κ2) is 7.89. The van der Waals surface area contributed by atoms with E-state index < -0.39 is 0 Å². The van der Waals surface area contributed by atoms with E-state index in [0.717, 1.165) is 51.4 Å². The van der Waals surface area contributed by atoms with Crippen molar-refractivity contribution in [2.24, 2.45) is 10.8 Å². The van der Waals surface area contributed by atoms with Crippen LogP contribution in [0.5, 0.6) is 0 Å². The lowest BCUT2D eigenvalue weighted by Gasteiger charge is -2.39. The summed E-state index contributed by atoms with van der Waals surface area (Å²) in [7, 11) is 2.13. The molecular weight excluding hydrogens is 406 g/mol. The Bertz CT molecular complexity index is 782. The zero-order valence-electron chi connectivity index (χ0n) is 17.9. The normalized spacial score (nSPS) is 29.3. The highest BCUT2D eigenvalue weighted by molar-refractivity contribution is 7.99. The van der Waals surface area contributed by atoms with Crippen molar-refractivity contribution in [1.82, 2.24) is 19.8 Å². The number of nitrogens with zero attached hydrogens (tertiary/aromatic N) is 5. The first kappa shape index (κ1) is 21.2. The van der Waals surface area contributed by atoms with Crippen molar-refractivity contribution in [1.29, 1.82) is 0 Å². The van der Waals surface area contributed by atoms with Gasteiger partial charge in [0.2, 0.25) is 5.91 Å². The summed E-state index contributed by atoms with van der Waals surface area (Å²) >= 11 is 7.67. The average Bonchev–Trinajstić information content (AvgIpc) is 2.88. The van der Waals surface area contributed by atoms with E-state index in [0.29, 0.717) is 27.5 Å². The molecule has 0 spiro atoms. The Morgan fingerprint density at radius 2 is 1.93 bits per heavy atom. The molecule has 0 radical (unpaired) electrons. The summed E-state index contributed by atoms with van der Waals surface area (Å²) in [5.41, 5.74) is 0.571. The highest BCUT2D eigenvalue weighted by Gasteiger charge is 2.50. The Hall–Kier alpha value is -1.05. The van der Waals surface area contributed by atoms with E-state index in [2.05, 4.69) is 52.5 Å². The molecule has 2 atom stereocenters. The molecule has 1 aromatic rings. The highest BCUT2D eigenvalue weighted by Crippen LogP contribution is 2.52. The molecule has 1 aromatic heterocycles. The molecule has 2 saturated heterocycles. The van der Waals surface area contributed by atoms with Crippen LogP contribution in [0.1, 0.15) is 40.0 Å². The van der Waals surface area contributed by atoms with Gasteiger partial charge in [-0.05, 0) is 37.1 Å². The summed E-state index contributed by atoms with van der Waals surface area (Å²) < 4.78 is 0. The molecule has 29 heavy (non-hydrogen) atoms.